The van der Waals surface area contributed by atoms with E-state index in [0.717, 1.165) is 11.3 Å². The summed E-state index contributed by atoms with van der Waals surface area (Å²) in [6.07, 6.45) is 6.54. The molecule has 0 radical (unpaired) electrons. The Morgan fingerprint density at radius 1 is 1.20 bits per heavy atom. The Morgan fingerprint density at radius 2 is 1.93 bits per heavy atom. The molecule has 0 bridgehead atoms. The van der Waals surface area contributed by atoms with E-state index in [2.05, 4.69) is 20.3 Å². The fourth-order valence-corrected chi connectivity index (χ4v) is 1.20. The summed E-state index contributed by atoms with van der Waals surface area (Å²) < 4.78 is 0. The standard InChI is InChI=1S/C10H11N5/c1-7-2-9(11)10(14-3-7)15-8-4-12-6-13-5-8/h2-6H,11H2,1H3,(H,14,15). The first-order valence-electron chi connectivity index (χ1n) is 4.50. The molecule has 5 nitrogen and oxygen atoms in total. The second-order valence-electron chi connectivity index (χ2n) is 3.20. The number of pyridine rings is 1. The molecule has 0 unspecified atom stereocenters. The summed E-state index contributed by atoms with van der Waals surface area (Å²) >= 11 is 0. The molecular weight excluding hydrogens is 190 g/mol. The fraction of sp³-hybridized carbons (Fsp3) is 0.100. The van der Waals surface area contributed by atoms with E-state index in [9.17, 15) is 0 Å². The van der Waals surface area contributed by atoms with Crippen LogP contribution in [0.2, 0.25) is 0 Å². The average molecular weight is 201 g/mol. The molecule has 2 aromatic rings. The molecule has 2 aromatic heterocycles. The minimum absolute atomic E-state index is 0.610. The van der Waals surface area contributed by atoms with Gasteiger partial charge in [-0.2, -0.15) is 0 Å². The highest BCUT2D eigenvalue weighted by Crippen LogP contribution is 2.19. The van der Waals surface area contributed by atoms with Crippen molar-refractivity contribution in [2.45, 2.75) is 6.92 Å². The van der Waals surface area contributed by atoms with Gasteiger partial charge < -0.3 is 11.1 Å². The zero-order valence-electron chi connectivity index (χ0n) is 8.31. The quantitative estimate of drug-likeness (QED) is 0.770. The predicted octanol–water partition coefficient (Wildman–Crippen LogP) is 1.51. The Kier molecular flexibility index (Phi) is 2.45. The number of nitrogens with zero attached hydrogens (tertiary/aromatic N) is 3. The molecule has 0 aliphatic carbocycles. The van der Waals surface area contributed by atoms with Crippen LogP contribution in [0.1, 0.15) is 5.56 Å². The summed E-state index contributed by atoms with van der Waals surface area (Å²) in [5, 5.41) is 3.04. The number of aromatic nitrogens is 3. The molecule has 5 heteroatoms. The number of hydrogen-bond acceptors (Lipinski definition) is 5. The molecule has 15 heavy (non-hydrogen) atoms. The predicted molar refractivity (Wildman–Crippen MR) is 58.7 cm³/mol. The first kappa shape index (κ1) is 9.39. The van der Waals surface area contributed by atoms with Crippen LogP contribution in [-0.4, -0.2) is 15.0 Å². The van der Waals surface area contributed by atoms with Gasteiger partial charge in [-0.3, -0.25) is 0 Å². The molecule has 2 heterocycles. The minimum atomic E-state index is 0.610. The van der Waals surface area contributed by atoms with Crippen molar-refractivity contribution in [3.63, 3.8) is 0 Å². The molecule has 0 fully saturated rings. The summed E-state index contributed by atoms with van der Waals surface area (Å²) in [4.78, 5) is 12.0. The van der Waals surface area contributed by atoms with Gasteiger partial charge in [-0.05, 0) is 18.6 Å². The topological polar surface area (TPSA) is 76.7 Å². The number of nitrogen functional groups attached to an aromatic ring is 1. The van der Waals surface area contributed by atoms with Crippen molar-refractivity contribution in [2.75, 3.05) is 11.1 Å². The van der Waals surface area contributed by atoms with Crippen LogP contribution >= 0.6 is 0 Å². The van der Waals surface area contributed by atoms with E-state index in [4.69, 9.17) is 5.73 Å². The SMILES string of the molecule is Cc1cnc(Nc2cncnc2)c(N)c1. The number of hydrogen-bond donors (Lipinski definition) is 2. The number of rotatable bonds is 2. The zero-order valence-corrected chi connectivity index (χ0v) is 8.31. The van der Waals surface area contributed by atoms with Gasteiger partial charge in [0.05, 0.1) is 23.8 Å². The molecular formula is C10H11N5. The number of aryl methyl sites for hydroxylation is 1. The van der Waals surface area contributed by atoms with E-state index in [1.54, 1.807) is 18.6 Å². The van der Waals surface area contributed by atoms with Crippen molar-refractivity contribution in [1.29, 1.82) is 0 Å². The number of nitrogens with one attached hydrogen (secondary N) is 1. The van der Waals surface area contributed by atoms with Gasteiger partial charge in [0.25, 0.3) is 0 Å². The minimum Gasteiger partial charge on any atom is -0.396 e. The summed E-state index contributed by atoms with van der Waals surface area (Å²) in [5.41, 5.74) is 8.21. The van der Waals surface area contributed by atoms with Gasteiger partial charge >= 0.3 is 0 Å². The second kappa shape index (κ2) is 3.91. The lowest BCUT2D eigenvalue weighted by molar-refractivity contribution is 1.16. The van der Waals surface area contributed by atoms with Crippen molar-refractivity contribution in [2.24, 2.45) is 0 Å². The van der Waals surface area contributed by atoms with Crippen LogP contribution in [0.3, 0.4) is 0 Å². The average Bonchev–Trinajstić information content (AvgIpc) is 2.24. The van der Waals surface area contributed by atoms with E-state index in [1.807, 2.05) is 13.0 Å². The molecule has 0 aliphatic rings. The van der Waals surface area contributed by atoms with Gasteiger partial charge in [0.2, 0.25) is 0 Å². The third-order valence-corrected chi connectivity index (χ3v) is 1.88. The van der Waals surface area contributed by atoms with Crippen molar-refractivity contribution >= 4 is 17.2 Å². The Morgan fingerprint density at radius 3 is 2.60 bits per heavy atom. The van der Waals surface area contributed by atoms with Gasteiger partial charge in [-0.15, -0.1) is 0 Å². The lowest BCUT2D eigenvalue weighted by Crippen LogP contribution is -2.00. The molecule has 0 aliphatic heterocycles. The van der Waals surface area contributed by atoms with Crippen LogP contribution in [0, 0.1) is 6.92 Å². The monoisotopic (exact) mass is 201 g/mol. The zero-order chi connectivity index (χ0) is 10.7. The van der Waals surface area contributed by atoms with Crippen LogP contribution in [0.15, 0.2) is 31.0 Å². The van der Waals surface area contributed by atoms with Crippen molar-refractivity contribution in [3.05, 3.63) is 36.5 Å². The largest absolute Gasteiger partial charge is 0.396 e. The smallest absolute Gasteiger partial charge is 0.153 e. The molecule has 0 saturated carbocycles. The number of anilines is 3. The molecule has 3 N–H and O–H groups in total. The van der Waals surface area contributed by atoms with Crippen molar-refractivity contribution in [1.82, 2.24) is 15.0 Å². The molecule has 0 aromatic carbocycles. The van der Waals surface area contributed by atoms with Gasteiger partial charge in [0.15, 0.2) is 5.82 Å². The second-order valence-corrected chi connectivity index (χ2v) is 3.20. The normalized spacial score (nSPS) is 9.93. The van der Waals surface area contributed by atoms with Gasteiger partial charge in [0.1, 0.15) is 6.33 Å². The Hall–Kier alpha value is -2.17. The van der Waals surface area contributed by atoms with Crippen LogP contribution in [0.25, 0.3) is 0 Å². The summed E-state index contributed by atoms with van der Waals surface area (Å²) in [5.74, 6) is 0.621. The maximum Gasteiger partial charge on any atom is 0.153 e. The molecule has 0 atom stereocenters. The molecule has 76 valence electrons. The Balaban J connectivity index is 2.25. The van der Waals surface area contributed by atoms with E-state index in [0.29, 0.717) is 11.5 Å². The maximum absolute atomic E-state index is 5.80. The van der Waals surface area contributed by atoms with Crippen molar-refractivity contribution in [3.8, 4) is 0 Å². The van der Waals surface area contributed by atoms with E-state index in [1.165, 1.54) is 6.33 Å². The third-order valence-electron chi connectivity index (χ3n) is 1.88. The summed E-state index contributed by atoms with van der Waals surface area (Å²) in [6, 6.07) is 1.86. The lowest BCUT2D eigenvalue weighted by Gasteiger charge is -2.07. The van der Waals surface area contributed by atoms with Crippen LogP contribution in [0.4, 0.5) is 17.2 Å². The highest BCUT2D eigenvalue weighted by Gasteiger charge is 2.01. The molecule has 0 amide bonds. The van der Waals surface area contributed by atoms with Crippen LogP contribution in [0.5, 0.6) is 0 Å². The van der Waals surface area contributed by atoms with Gasteiger partial charge in [-0.1, -0.05) is 0 Å². The number of nitrogens with two attached hydrogens (primary N) is 1. The Labute approximate surface area is 87.4 Å². The van der Waals surface area contributed by atoms with E-state index < -0.39 is 0 Å². The highest BCUT2D eigenvalue weighted by atomic mass is 15.0. The van der Waals surface area contributed by atoms with E-state index in [-0.39, 0.29) is 0 Å². The maximum atomic E-state index is 5.80. The van der Waals surface area contributed by atoms with Crippen LogP contribution in [-0.2, 0) is 0 Å². The summed E-state index contributed by atoms with van der Waals surface area (Å²) in [6.45, 7) is 1.94. The highest BCUT2D eigenvalue weighted by molar-refractivity contribution is 5.68. The molecule has 0 spiro atoms. The first-order valence-corrected chi connectivity index (χ1v) is 4.50. The van der Waals surface area contributed by atoms with Crippen LogP contribution < -0.4 is 11.1 Å². The van der Waals surface area contributed by atoms with Crippen molar-refractivity contribution < 1.29 is 0 Å². The van der Waals surface area contributed by atoms with Gasteiger partial charge in [-0.25, -0.2) is 15.0 Å². The summed E-state index contributed by atoms with van der Waals surface area (Å²) in [7, 11) is 0. The fourth-order valence-electron chi connectivity index (χ4n) is 1.20. The molecule has 2 rings (SSSR count). The molecule has 0 saturated heterocycles. The lowest BCUT2D eigenvalue weighted by atomic mass is 10.3. The Bertz CT molecular complexity index is 455. The first-order chi connectivity index (χ1) is 7.25. The van der Waals surface area contributed by atoms with E-state index >= 15 is 0 Å². The van der Waals surface area contributed by atoms with Gasteiger partial charge in [0, 0.05) is 6.20 Å². The third kappa shape index (κ3) is 2.19.